The van der Waals surface area contributed by atoms with Crippen LogP contribution >= 0.6 is 15.9 Å². The number of rotatable bonds is 8. The first-order chi connectivity index (χ1) is 9.54. The molecule has 0 heterocycles. The number of benzene rings is 1. The number of carbonyl (C=O) groups excluding carboxylic acids is 1. The van der Waals surface area contributed by atoms with Crippen molar-refractivity contribution in [2.75, 3.05) is 11.9 Å². The average molecular weight is 343 g/mol. The van der Waals surface area contributed by atoms with E-state index in [9.17, 15) is 9.59 Å². The molecule has 0 unspecified atom stereocenters. The Hall–Kier alpha value is -1.40. The van der Waals surface area contributed by atoms with Crippen molar-refractivity contribution in [3.8, 4) is 0 Å². The number of nitrogens with one attached hydrogen (secondary N) is 1. The van der Waals surface area contributed by atoms with Crippen molar-refractivity contribution in [3.63, 3.8) is 0 Å². The van der Waals surface area contributed by atoms with Crippen LogP contribution in [-0.2, 0) is 4.79 Å². The molecule has 0 fully saturated rings. The Morgan fingerprint density at radius 3 is 2.55 bits per heavy atom. The van der Waals surface area contributed by atoms with Gasteiger partial charge in [-0.25, -0.2) is 4.79 Å². The van der Waals surface area contributed by atoms with Crippen LogP contribution in [0.25, 0.3) is 0 Å². The molecule has 0 saturated carbocycles. The molecule has 0 bridgehead atoms. The Kier molecular flexibility index (Phi) is 7.25. The lowest BCUT2D eigenvalue weighted by atomic mass is 10.1. The SMILES string of the molecule is NCCCCCCC(=O)Nc1ccc(Br)c(C(=O)O)c1. The highest BCUT2D eigenvalue weighted by Crippen LogP contribution is 2.21. The Morgan fingerprint density at radius 2 is 1.90 bits per heavy atom. The fourth-order valence-corrected chi connectivity index (χ4v) is 2.19. The summed E-state index contributed by atoms with van der Waals surface area (Å²) in [6.07, 6.45) is 4.24. The highest BCUT2D eigenvalue weighted by molar-refractivity contribution is 9.10. The van der Waals surface area contributed by atoms with Crippen LogP contribution in [0, 0.1) is 0 Å². The molecule has 0 radical (unpaired) electrons. The Labute approximate surface area is 126 Å². The maximum Gasteiger partial charge on any atom is 0.336 e. The van der Waals surface area contributed by atoms with E-state index in [1.54, 1.807) is 12.1 Å². The van der Waals surface area contributed by atoms with E-state index in [0.717, 1.165) is 25.7 Å². The quantitative estimate of drug-likeness (QED) is 0.633. The predicted molar refractivity (Wildman–Crippen MR) is 81.9 cm³/mol. The van der Waals surface area contributed by atoms with Crippen LogP contribution in [0.5, 0.6) is 0 Å². The molecule has 0 aliphatic heterocycles. The van der Waals surface area contributed by atoms with E-state index in [1.807, 2.05) is 0 Å². The second kappa shape index (κ2) is 8.71. The van der Waals surface area contributed by atoms with Gasteiger partial charge in [-0.3, -0.25) is 4.79 Å². The first-order valence-corrected chi connectivity index (χ1v) is 7.36. The standard InChI is InChI=1S/C14H19BrN2O3/c15-12-7-6-10(9-11(12)14(19)20)17-13(18)5-3-1-2-4-8-16/h6-7,9H,1-5,8,16H2,(H,17,18)(H,19,20). The summed E-state index contributed by atoms with van der Waals surface area (Å²) in [5.41, 5.74) is 6.02. The van der Waals surface area contributed by atoms with E-state index in [0.29, 0.717) is 23.1 Å². The van der Waals surface area contributed by atoms with Crippen molar-refractivity contribution >= 4 is 33.5 Å². The smallest absolute Gasteiger partial charge is 0.336 e. The highest BCUT2D eigenvalue weighted by atomic mass is 79.9. The summed E-state index contributed by atoms with van der Waals surface area (Å²) in [5, 5.41) is 11.7. The molecule has 0 atom stereocenters. The largest absolute Gasteiger partial charge is 0.478 e. The van der Waals surface area contributed by atoms with Crippen molar-refractivity contribution < 1.29 is 14.7 Å². The molecule has 1 amide bonds. The van der Waals surface area contributed by atoms with Crippen LogP contribution in [0.4, 0.5) is 5.69 Å². The maximum absolute atomic E-state index is 11.7. The zero-order valence-corrected chi connectivity index (χ0v) is 12.8. The van der Waals surface area contributed by atoms with Gasteiger partial charge in [0.25, 0.3) is 0 Å². The molecule has 1 aromatic rings. The lowest BCUT2D eigenvalue weighted by Crippen LogP contribution is -2.12. The monoisotopic (exact) mass is 342 g/mol. The third kappa shape index (κ3) is 5.71. The third-order valence-corrected chi connectivity index (χ3v) is 3.53. The van der Waals surface area contributed by atoms with Gasteiger partial charge in [0.05, 0.1) is 5.56 Å². The molecule has 1 rings (SSSR count). The molecule has 0 aromatic heterocycles. The molecule has 4 N–H and O–H groups in total. The van der Waals surface area contributed by atoms with Gasteiger partial charge in [-0.05, 0) is 53.5 Å². The van der Waals surface area contributed by atoms with Crippen molar-refractivity contribution in [3.05, 3.63) is 28.2 Å². The topological polar surface area (TPSA) is 92.4 Å². The Morgan fingerprint density at radius 1 is 1.20 bits per heavy atom. The summed E-state index contributed by atoms with van der Waals surface area (Å²) in [5.74, 6) is -1.13. The molecule has 0 aliphatic rings. The number of carboxylic acids is 1. The van der Waals surface area contributed by atoms with Crippen LogP contribution in [0.3, 0.4) is 0 Å². The van der Waals surface area contributed by atoms with E-state index in [1.165, 1.54) is 6.07 Å². The average Bonchev–Trinajstić information content (AvgIpc) is 2.40. The second-order valence-corrected chi connectivity index (χ2v) is 5.36. The molecule has 5 nitrogen and oxygen atoms in total. The fraction of sp³-hybridized carbons (Fsp3) is 0.429. The van der Waals surface area contributed by atoms with Crippen molar-refractivity contribution in [2.45, 2.75) is 32.1 Å². The molecular weight excluding hydrogens is 324 g/mol. The lowest BCUT2D eigenvalue weighted by Gasteiger charge is -2.07. The number of hydrogen-bond donors (Lipinski definition) is 3. The number of aromatic carboxylic acids is 1. The molecule has 0 spiro atoms. The van der Waals surface area contributed by atoms with Crippen LogP contribution < -0.4 is 11.1 Å². The number of carbonyl (C=O) groups is 2. The summed E-state index contributed by atoms with van der Waals surface area (Å²) >= 11 is 3.16. The van der Waals surface area contributed by atoms with Gasteiger partial charge in [0.15, 0.2) is 0 Å². The summed E-state index contributed by atoms with van der Waals surface area (Å²) < 4.78 is 0.491. The predicted octanol–water partition coefficient (Wildman–Crippen LogP) is 3.00. The molecule has 1 aromatic carbocycles. The summed E-state index contributed by atoms with van der Waals surface area (Å²) in [6.45, 7) is 0.684. The molecule has 6 heteroatoms. The highest BCUT2D eigenvalue weighted by Gasteiger charge is 2.10. The third-order valence-electron chi connectivity index (χ3n) is 2.84. The van der Waals surface area contributed by atoms with Gasteiger partial charge in [-0.1, -0.05) is 12.8 Å². The van der Waals surface area contributed by atoms with E-state index in [-0.39, 0.29) is 11.5 Å². The molecule has 0 saturated heterocycles. The fourth-order valence-electron chi connectivity index (χ4n) is 1.77. The first-order valence-electron chi connectivity index (χ1n) is 6.57. The van der Waals surface area contributed by atoms with Gasteiger partial charge < -0.3 is 16.2 Å². The van der Waals surface area contributed by atoms with Crippen LogP contribution in [0.1, 0.15) is 42.5 Å². The molecule has 110 valence electrons. The minimum absolute atomic E-state index is 0.101. The number of halogens is 1. The zero-order valence-electron chi connectivity index (χ0n) is 11.2. The van der Waals surface area contributed by atoms with Gasteiger partial charge >= 0.3 is 5.97 Å². The molecule has 20 heavy (non-hydrogen) atoms. The van der Waals surface area contributed by atoms with Crippen molar-refractivity contribution in [1.82, 2.24) is 0 Å². The zero-order chi connectivity index (χ0) is 15.0. The maximum atomic E-state index is 11.7. The van der Waals surface area contributed by atoms with Crippen LogP contribution in [0.15, 0.2) is 22.7 Å². The number of carboxylic acid groups (broad SMARTS) is 1. The Balaban J connectivity index is 2.46. The Bertz CT molecular complexity index is 477. The number of amides is 1. The molecular formula is C14H19BrN2O3. The van der Waals surface area contributed by atoms with Crippen LogP contribution in [-0.4, -0.2) is 23.5 Å². The first kappa shape index (κ1) is 16.7. The van der Waals surface area contributed by atoms with Crippen molar-refractivity contribution in [2.24, 2.45) is 5.73 Å². The summed E-state index contributed by atoms with van der Waals surface area (Å²) in [4.78, 5) is 22.7. The summed E-state index contributed by atoms with van der Waals surface area (Å²) in [6, 6.07) is 4.72. The number of anilines is 1. The number of unbranched alkanes of at least 4 members (excludes halogenated alkanes) is 3. The number of nitrogens with two attached hydrogens (primary N) is 1. The normalized spacial score (nSPS) is 10.3. The van der Waals surface area contributed by atoms with Gasteiger partial charge in [-0.2, -0.15) is 0 Å². The van der Waals surface area contributed by atoms with Gasteiger partial charge in [-0.15, -0.1) is 0 Å². The van der Waals surface area contributed by atoms with E-state index in [4.69, 9.17) is 10.8 Å². The van der Waals surface area contributed by atoms with Crippen molar-refractivity contribution in [1.29, 1.82) is 0 Å². The number of hydrogen-bond acceptors (Lipinski definition) is 3. The second-order valence-electron chi connectivity index (χ2n) is 4.50. The van der Waals surface area contributed by atoms with Gasteiger partial charge in [0.2, 0.25) is 5.91 Å². The van der Waals surface area contributed by atoms with E-state index < -0.39 is 5.97 Å². The molecule has 0 aliphatic carbocycles. The minimum atomic E-state index is -1.03. The van der Waals surface area contributed by atoms with E-state index >= 15 is 0 Å². The minimum Gasteiger partial charge on any atom is -0.478 e. The van der Waals surface area contributed by atoms with E-state index in [2.05, 4.69) is 21.2 Å². The summed E-state index contributed by atoms with van der Waals surface area (Å²) in [7, 11) is 0. The lowest BCUT2D eigenvalue weighted by molar-refractivity contribution is -0.116. The van der Waals surface area contributed by atoms with Gasteiger partial charge in [0.1, 0.15) is 0 Å². The van der Waals surface area contributed by atoms with Gasteiger partial charge in [0, 0.05) is 16.6 Å². The van der Waals surface area contributed by atoms with Crippen LogP contribution in [0.2, 0.25) is 0 Å².